The lowest BCUT2D eigenvalue weighted by molar-refractivity contribution is -0.143. The van der Waals surface area contributed by atoms with Crippen molar-refractivity contribution in [2.24, 2.45) is 46.4 Å². The Bertz CT molecular complexity index is 4410. The van der Waals surface area contributed by atoms with Crippen molar-refractivity contribution in [1.29, 1.82) is 0 Å². The van der Waals surface area contributed by atoms with Crippen molar-refractivity contribution in [3.8, 4) is 0 Å². The van der Waals surface area contributed by atoms with Gasteiger partial charge in [-0.2, -0.15) is 0 Å². The first-order valence-electron chi connectivity index (χ1n) is 44.8. The Hall–Kier alpha value is -11.3. The van der Waals surface area contributed by atoms with Crippen molar-refractivity contribution >= 4 is 116 Å². The number of carboxylic acids is 1. The molecule has 0 aliphatic carbocycles. The molecule has 0 radical (unpaired) electrons. The fourth-order valence-electron chi connectivity index (χ4n) is 14.8. The van der Waals surface area contributed by atoms with Gasteiger partial charge in [0.05, 0.1) is 38.0 Å². The number of H-pyrrole nitrogens is 2. The molecule has 2 aromatic heterocycles. The van der Waals surface area contributed by atoms with Crippen LogP contribution in [0.4, 0.5) is 0 Å². The topological polar surface area (TPSA) is 708 Å². The van der Waals surface area contributed by atoms with E-state index in [0.717, 1.165) is 6.92 Å². The minimum Gasteiger partial charge on any atom is -0.480 e. The number of hydrogen-bond acceptors (Lipinski definition) is 25. The molecule has 18 atom stereocenters. The second kappa shape index (κ2) is 55.6. The van der Waals surface area contributed by atoms with Crippen LogP contribution in [0.2, 0.25) is 0 Å². The molecule has 31 N–H and O–H groups in total. The van der Waals surface area contributed by atoms with Crippen molar-refractivity contribution in [1.82, 2.24) is 89.3 Å². The molecular formula is C87H140N22O21. The molecule has 0 bridgehead atoms. The third-order valence-electron chi connectivity index (χ3n) is 22.6. The van der Waals surface area contributed by atoms with Gasteiger partial charge in [-0.3, -0.25) is 76.7 Å². The number of hydrogen-bond donors (Lipinski definition) is 26. The number of carbonyl (C=O) groups is 16. The zero-order valence-corrected chi connectivity index (χ0v) is 75.8. The van der Waals surface area contributed by atoms with Crippen LogP contribution in [-0.4, -0.2) is 290 Å². The monoisotopic (exact) mass is 1830 g/mol. The summed E-state index contributed by atoms with van der Waals surface area (Å²) in [5.41, 5.74) is 31.6. The van der Waals surface area contributed by atoms with Crippen LogP contribution in [0.5, 0.6) is 0 Å². The molecule has 0 unspecified atom stereocenters. The Balaban J connectivity index is 1.33. The van der Waals surface area contributed by atoms with Crippen molar-refractivity contribution in [2.45, 2.75) is 281 Å². The molecule has 15 amide bonds. The third kappa shape index (κ3) is 34.2. The van der Waals surface area contributed by atoms with E-state index >= 15 is 0 Å². The minimum atomic E-state index is -1.83. The SMILES string of the molecule is CC[C@H](C)[C@H](NC(=O)[C@H](CO)NC(=O)[C@H](Cc1c[nH]c2ccccc12)NC(=O)[C@@H](NC(=O)[C@H](CC(C)C)NC(=O)[C@H](CCCCN)NC(=O)[C@@H](N)CCCCN)[C@@H](C)O)C(=O)N1CCC[C@@H]1C(=O)NCC(=O)N[C@@H](CCCCN)C(=O)N[C@@H](CCCCN)C(=O)N[C@@H](Cc1c[nH]c2ccccc12)C(=O)N[C@H](C(=O)N[C@H](C(=O)N[C@@H](CO)C(=O)N[C@@H](C)C(=O)O)C(C)C)[C@@H](C)O. The summed E-state index contributed by atoms with van der Waals surface area (Å²) in [4.78, 5) is 233. The summed E-state index contributed by atoms with van der Waals surface area (Å²) in [7, 11) is 0. The number of para-hydroxylation sites is 2. The Morgan fingerprint density at radius 1 is 0.438 bits per heavy atom. The molecule has 130 heavy (non-hydrogen) atoms. The first kappa shape index (κ1) is 109. The van der Waals surface area contributed by atoms with Crippen LogP contribution in [0.25, 0.3) is 21.8 Å². The molecule has 724 valence electrons. The molecule has 1 saturated heterocycles. The molecule has 2 aromatic carbocycles. The van der Waals surface area contributed by atoms with E-state index in [2.05, 4.69) is 84.4 Å². The van der Waals surface area contributed by atoms with E-state index in [1.54, 1.807) is 88.6 Å². The van der Waals surface area contributed by atoms with Crippen LogP contribution in [0.3, 0.4) is 0 Å². The number of carbonyl (C=O) groups excluding carboxylic acids is 15. The molecule has 43 nitrogen and oxygen atoms in total. The van der Waals surface area contributed by atoms with Gasteiger partial charge in [-0.25, -0.2) is 0 Å². The van der Waals surface area contributed by atoms with E-state index in [1.807, 2.05) is 0 Å². The van der Waals surface area contributed by atoms with Crippen LogP contribution in [0, 0.1) is 17.8 Å². The van der Waals surface area contributed by atoms with Gasteiger partial charge in [0.25, 0.3) is 0 Å². The molecule has 3 heterocycles. The number of aromatic amines is 2. The van der Waals surface area contributed by atoms with Gasteiger partial charge in [0.1, 0.15) is 84.6 Å². The molecule has 1 aliphatic rings. The first-order chi connectivity index (χ1) is 61.8. The van der Waals surface area contributed by atoms with Gasteiger partial charge in [0.15, 0.2) is 0 Å². The summed E-state index contributed by atoms with van der Waals surface area (Å²) in [5.74, 6) is -16.8. The third-order valence-corrected chi connectivity index (χ3v) is 22.6. The van der Waals surface area contributed by atoms with Crippen LogP contribution >= 0.6 is 0 Å². The number of rotatable bonds is 59. The van der Waals surface area contributed by atoms with Crippen LogP contribution in [0.15, 0.2) is 60.9 Å². The van der Waals surface area contributed by atoms with Crippen molar-refractivity contribution < 1.29 is 102 Å². The van der Waals surface area contributed by atoms with Crippen LogP contribution in [-0.2, 0) is 89.6 Å². The number of aliphatic hydroxyl groups is 4. The molecule has 4 aromatic rings. The number of unbranched alkanes of at least 4 members (excludes halogenated alkanes) is 4. The smallest absolute Gasteiger partial charge is 0.325 e. The molecule has 0 spiro atoms. The number of nitrogens with one attached hydrogen (secondary N) is 16. The lowest BCUT2D eigenvalue weighted by Crippen LogP contribution is -2.63. The van der Waals surface area contributed by atoms with Crippen molar-refractivity contribution in [3.05, 3.63) is 72.1 Å². The standard InChI is InChI=1S/C87H140N22O21/c1-10-48(6)70(106-81(123)66(45-111)103-77(119)63(39-52-41-93-57-27-13-11-24-54(52)57)102-84(126)71(50(8)112)107-78(120)62(38-46(2)3)100-75(117)60(30-17-21-35-90)98-73(115)56(92)26-15-19-33-88)86(128)109-37-23-32-67(109)82(124)95-43-68(114)97-59(29-16-20-34-89)74(116)99-61(31-18-22-36-91)76(118)101-64(40-53-42-94-58-28-14-12-25-55(53)58)79(121)108-72(51(9)113)85(127)105-69(47(4)5)83(125)104-65(44-110)80(122)96-49(7)87(129)130/h11-14,24-25,27-28,41-42,46-51,56,59-67,69-72,93-94,110-113H,10,15-23,26,29-40,43-45,88-92H2,1-9H3,(H,95,124)(H,96,122)(H,97,114)(H,98,115)(H,99,116)(H,100,117)(H,101,118)(H,102,126)(H,103,119)(H,104,125)(H,105,127)(H,106,123)(H,107,120)(H,108,121)(H,129,130)/t48-,49-,50+,51+,56-,59-,60-,61-,62-,63-,64-,65-,66-,67+,69-,70-,71-,72-/m0/s1. The summed E-state index contributed by atoms with van der Waals surface area (Å²) in [6.45, 7) is 11.8. The Morgan fingerprint density at radius 3 is 1.26 bits per heavy atom. The van der Waals surface area contributed by atoms with Gasteiger partial charge in [-0.1, -0.05) is 90.8 Å². The van der Waals surface area contributed by atoms with E-state index < -0.39 is 229 Å². The first-order valence-corrected chi connectivity index (χ1v) is 44.8. The molecule has 43 heteroatoms. The quantitative estimate of drug-likeness (QED) is 0.0185. The number of aromatic nitrogens is 2. The van der Waals surface area contributed by atoms with E-state index in [9.17, 15) is 102 Å². The summed E-state index contributed by atoms with van der Waals surface area (Å²) in [6, 6.07) is -8.03. The maximum atomic E-state index is 14.9. The summed E-state index contributed by atoms with van der Waals surface area (Å²) in [6.07, 6.45) is 3.71. The zero-order chi connectivity index (χ0) is 96.6. The highest BCUT2D eigenvalue weighted by atomic mass is 16.4. The number of likely N-dealkylation sites (tertiary alicyclic amines) is 1. The predicted molar refractivity (Wildman–Crippen MR) is 481 cm³/mol. The highest BCUT2D eigenvalue weighted by molar-refractivity contribution is 6.02. The average molecular weight is 1830 g/mol. The summed E-state index contributed by atoms with van der Waals surface area (Å²) < 4.78 is 0. The van der Waals surface area contributed by atoms with Gasteiger partial charge in [-0.15, -0.1) is 0 Å². The van der Waals surface area contributed by atoms with Crippen molar-refractivity contribution in [2.75, 3.05) is 52.5 Å². The van der Waals surface area contributed by atoms with E-state index in [0.29, 0.717) is 91.0 Å². The molecular weight excluding hydrogens is 1690 g/mol. The van der Waals surface area contributed by atoms with Gasteiger partial charge in [0, 0.05) is 53.6 Å². The predicted octanol–water partition coefficient (Wildman–Crippen LogP) is -4.71. The van der Waals surface area contributed by atoms with Gasteiger partial charge in [0.2, 0.25) is 88.6 Å². The van der Waals surface area contributed by atoms with E-state index in [1.165, 1.54) is 32.6 Å². The number of aliphatic hydroxyl groups excluding tert-OH is 4. The minimum absolute atomic E-state index is 0.000578. The van der Waals surface area contributed by atoms with Gasteiger partial charge >= 0.3 is 5.97 Å². The number of fused-ring (bicyclic) bond motifs is 2. The molecule has 5 rings (SSSR count). The Kier molecular flexibility index (Phi) is 46.7. The summed E-state index contributed by atoms with van der Waals surface area (Å²) in [5, 5.41) is 89.4. The van der Waals surface area contributed by atoms with Crippen LogP contribution < -0.4 is 103 Å². The maximum Gasteiger partial charge on any atom is 0.325 e. The second-order valence-corrected chi connectivity index (χ2v) is 33.9. The Labute approximate surface area is 756 Å². The van der Waals surface area contributed by atoms with Crippen molar-refractivity contribution in [3.63, 3.8) is 0 Å². The highest BCUT2D eigenvalue weighted by Gasteiger charge is 2.43. The fraction of sp³-hybridized carbons (Fsp3) is 0.632. The fourth-order valence-corrected chi connectivity index (χ4v) is 14.8. The number of aliphatic carboxylic acids is 1. The largest absolute Gasteiger partial charge is 0.480 e. The molecule has 1 aliphatic heterocycles. The summed E-state index contributed by atoms with van der Waals surface area (Å²) >= 11 is 0. The number of nitrogens with two attached hydrogens (primary N) is 5. The second-order valence-electron chi connectivity index (χ2n) is 33.9. The van der Waals surface area contributed by atoms with E-state index in [4.69, 9.17) is 28.7 Å². The maximum absolute atomic E-state index is 14.9. The number of amides is 15. The number of nitrogens with zero attached hydrogens (tertiary/aromatic N) is 1. The Morgan fingerprint density at radius 2 is 0.808 bits per heavy atom. The highest BCUT2D eigenvalue weighted by Crippen LogP contribution is 2.25. The average Bonchev–Trinajstić information content (AvgIpc) is 1.62. The zero-order valence-electron chi connectivity index (χ0n) is 75.8. The number of carboxylic acid groups (broad SMARTS) is 1. The van der Waals surface area contributed by atoms with Gasteiger partial charge < -0.3 is 144 Å². The van der Waals surface area contributed by atoms with E-state index in [-0.39, 0.29) is 96.2 Å². The number of benzene rings is 2. The lowest BCUT2D eigenvalue weighted by atomic mass is 9.96. The van der Waals surface area contributed by atoms with Crippen LogP contribution in [0.1, 0.15) is 176 Å². The normalized spacial score (nSPS) is 16.6. The molecule has 1 fully saturated rings. The molecule has 0 saturated carbocycles. The van der Waals surface area contributed by atoms with Gasteiger partial charge in [-0.05, 0) is 178 Å². The lowest BCUT2D eigenvalue weighted by Gasteiger charge is -2.32.